The molecule has 0 aromatic heterocycles. The SMILES string of the molecule is CCN=C(N)NC(CC)CCO. The fourth-order valence-corrected chi connectivity index (χ4v) is 0.959. The van der Waals surface area contributed by atoms with E-state index in [-0.39, 0.29) is 12.6 Å². The number of aliphatic hydroxyl groups is 1. The van der Waals surface area contributed by atoms with Crippen LogP contribution in [0, 0.1) is 0 Å². The lowest BCUT2D eigenvalue weighted by molar-refractivity contribution is 0.269. The highest BCUT2D eigenvalue weighted by Gasteiger charge is 2.04. The third-order valence-electron chi connectivity index (χ3n) is 1.65. The highest BCUT2D eigenvalue weighted by Crippen LogP contribution is 1.95. The summed E-state index contributed by atoms with van der Waals surface area (Å²) in [6.45, 7) is 4.85. The van der Waals surface area contributed by atoms with Gasteiger partial charge in [-0.1, -0.05) is 6.92 Å². The predicted molar refractivity (Wildman–Crippen MR) is 51.1 cm³/mol. The van der Waals surface area contributed by atoms with Crippen LogP contribution >= 0.6 is 0 Å². The Bertz CT molecular complexity index is 136. The zero-order valence-corrected chi connectivity index (χ0v) is 7.88. The van der Waals surface area contributed by atoms with Crippen molar-refractivity contribution in [1.82, 2.24) is 5.32 Å². The van der Waals surface area contributed by atoms with Gasteiger partial charge in [-0.15, -0.1) is 0 Å². The fourth-order valence-electron chi connectivity index (χ4n) is 0.959. The summed E-state index contributed by atoms with van der Waals surface area (Å²) in [5, 5.41) is 11.7. The first kappa shape index (κ1) is 11.2. The van der Waals surface area contributed by atoms with E-state index < -0.39 is 0 Å². The molecule has 0 saturated heterocycles. The van der Waals surface area contributed by atoms with E-state index >= 15 is 0 Å². The Labute approximate surface area is 73.9 Å². The van der Waals surface area contributed by atoms with E-state index in [2.05, 4.69) is 10.3 Å². The zero-order chi connectivity index (χ0) is 9.40. The third-order valence-corrected chi connectivity index (χ3v) is 1.65. The smallest absolute Gasteiger partial charge is 0.188 e. The van der Waals surface area contributed by atoms with Crippen LogP contribution in [0.2, 0.25) is 0 Å². The molecule has 0 aliphatic heterocycles. The molecule has 0 saturated carbocycles. The number of nitrogens with zero attached hydrogens (tertiary/aromatic N) is 1. The molecule has 4 N–H and O–H groups in total. The molecule has 1 atom stereocenters. The number of aliphatic hydroxyl groups excluding tert-OH is 1. The maximum Gasteiger partial charge on any atom is 0.188 e. The Morgan fingerprint density at radius 1 is 1.58 bits per heavy atom. The second-order valence-electron chi connectivity index (χ2n) is 2.62. The van der Waals surface area contributed by atoms with Crippen molar-refractivity contribution in [3.8, 4) is 0 Å². The van der Waals surface area contributed by atoms with Gasteiger partial charge in [0, 0.05) is 19.2 Å². The summed E-state index contributed by atoms with van der Waals surface area (Å²) >= 11 is 0. The molecule has 0 rings (SSSR count). The van der Waals surface area contributed by atoms with Crippen molar-refractivity contribution in [3.05, 3.63) is 0 Å². The van der Waals surface area contributed by atoms with Crippen molar-refractivity contribution in [2.45, 2.75) is 32.7 Å². The minimum Gasteiger partial charge on any atom is -0.396 e. The van der Waals surface area contributed by atoms with Crippen LogP contribution in [0.4, 0.5) is 0 Å². The largest absolute Gasteiger partial charge is 0.396 e. The van der Waals surface area contributed by atoms with Crippen molar-refractivity contribution < 1.29 is 5.11 Å². The summed E-state index contributed by atoms with van der Waals surface area (Å²) in [7, 11) is 0. The highest BCUT2D eigenvalue weighted by molar-refractivity contribution is 5.78. The maximum atomic E-state index is 8.69. The molecule has 4 nitrogen and oxygen atoms in total. The monoisotopic (exact) mass is 173 g/mol. The second-order valence-corrected chi connectivity index (χ2v) is 2.62. The molecule has 0 aromatic rings. The Morgan fingerprint density at radius 2 is 2.25 bits per heavy atom. The van der Waals surface area contributed by atoms with Crippen LogP contribution in [0.15, 0.2) is 4.99 Å². The first-order valence-corrected chi connectivity index (χ1v) is 4.41. The molecule has 0 bridgehead atoms. The molecular formula is C8H19N3O. The molecule has 0 aromatic carbocycles. The Morgan fingerprint density at radius 3 is 2.67 bits per heavy atom. The number of hydrogen-bond donors (Lipinski definition) is 3. The minimum absolute atomic E-state index is 0.185. The van der Waals surface area contributed by atoms with Gasteiger partial charge >= 0.3 is 0 Å². The number of hydrogen-bond acceptors (Lipinski definition) is 2. The van der Waals surface area contributed by atoms with E-state index in [0.717, 1.165) is 12.8 Å². The van der Waals surface area contributed by atoms with Crippen LogP contribution in [-0.4, -0.2) is 30.3 Å². The van der Waals surface area contributed by atoms with Crippen molar-refractivity contribution in [2.24, 2.45) is 10.7 Å². The highest BCUT2D eigenvalue weighted by atomic mass is 16.3. The van der Waals surface area contributed by atoms with Gasteiger partial charge in [-0.3, -0.25) is 4.99 Å². The molecule has 12 heavy (non-hydrogen) atoms. The van der Waals surface area contributed by atoms with Gasteiger partial charge in [0.05, 0.1) is 0 Å². The minimum atomic E-state index is 0.185. The summed E-state index contributed by atoms with van der Waals surface area (Å²) in [4.78, 5) is 4.00. The molecule has 0 radical (unpaired) electrons. The Kier molecular flexibility index (Phi) is 6.47. The number of rotatable bonds is 5. The van der Waals surface area contributed by atoms with Crippen LogP contribution < -0.4 is 11.1 Å². The maximum absolute atomic E-state index is 8.69. The van der Waals surface area contributed by atoms with Crippen LogP contribution in [0.3, 0.4) is 0 Å². The van der Waals surface area contributed by atoms with Gasteiger partial charge < -0.3 is 16.2 Å². The van der Waals surface area contributed by atoms with Gasteiger partial charge in [0.25, 0.3) is 0 Å². The van der Waals surface area contributed by atoms with Gasteiger partial charge in [0.15, 0.2) is 5.96 Å². The molecule has 4 heteroatoms. The standard InChI is InChI=1S/C8H19N3O/c1-3-7(5-6-12)11-8(9)10-4-2/h7,12H,3-6H2,1-2H3,(H3,9,10,11). The third kappa shape index (κ3) is 4.96. The first-order valence-electron chi connectivity index (χ1n) is 4.41. The van der Waals surface area contributed by atoms with E-state index in [0.29, 0.717) is 12.5 Å². The van der Waals surface area contributed by atoms with Crippen molar-refractivity contribution in [2.75, 3.05) is 13.2 Å². The number of aliphatic imine (C=N–C) groups is 1. The summed E-state index contributed by atoms with van der Waals surface area (Å²) in [5.74, 6) is 0.470. The lowest BCUT2D eigenvalue weighted by Gasteiger charge is -2.15. The van der Waals surface area contributed by atoms with Crippen molar-refractivity contribution in [3.63, 3.8) is 0 Å². The fraction of sp³-hybridized carbons (Fsp3) is 0.875. The normalized spacial score (nSPS) is 14.4. The zero-order valence-electron chi connectivity index (χ0n) is 7.88. The van der Waals surface area contributed by atoms with E-state index in [1.807, 2.05) is 13.8 Å². The van der Waals surface area contributed by atoms with Crippen LogP contribution in [0.5, 0.6) is 0 Å². The van der Waals surface area contributed by atoms with Crippen molar-refractivity contribution in [1.29, 1.82) is 0 Å². The number of nitrogens with one attached hydrogen (secondary N) is 1. The van der Waals surface area contributed by atoms with E-state index in [1.165, 1.54) is 0 Å². The molecule has 0 spiro atoms. The molecule has 0 amide bonds. The second kappa shape index (κ2) is 6.91. The average Bonchev–Trinajstić information content (AvgIpc) is 2.04. The van der Waals surface area contributed by atoms with E-state index in [1.54, 1.807) is 0 Å². The molecule has 72 valence electrons. The van der Waals surface area contributed by atoms with Gasteiger partial charge in [-0.25, -0.2) is 0 Å². The molecule has 1 unspecified atom stereocenters. The molecule has 0 heterocycles. The number of guanidine groups is 1. The van der Waals surface area contributed by atoms with Crippen LogP contribution in [0.25, 0.3) is 0 Å². The summed E-state index contributed by atoms with van der Waals surface area (Å²) in [5.41, 5.74) is 5.55. The van der Waals surface area contributed by atoms with Crippen molar-refractivity contribution >= 4 is 5.96 Å². The molecular weight excluding hydrogens is 154 g/mol. The summed E-state index contributed by atoms with van der Waals surface area (Å²) in [6, 6.07) is 0.241. The average molecular weight is 173 g/mol. The molecule has 0 aliphatic carbocycles. The summed E-state index contributed by atoms with van der Waals surface area (Å²) < 4.78 is 0. The molecule has 0 fully saturated rings. The van der Waals surface area contributed by atoms with Gasteiger partial charge in [-0.05, 0) is 19.8 Å². The van der Waals surface area contributed by atoms with Gasteiger partial charge in [-0.2, -0.15) is 0 Å². The predicted octanol–water partition coefficient (Wildman–Crippen LogP) is 0.0716. The van der Waals surface area contributed by atoms with Gasteiger partial charge in [0.1, 0.15) is 0 Å². The molecule has 0 aliphatic rings. The Hall–Kier alpha value is -0.770. The van der Waals surface area contributed by atoms with Crippen LogP contribution in [0.1, 0.15) is 26.7 Å². The van der Waals surface area contributed by atoms with E-state index in [9.17, 15) is 0 Å². The number of nitrogens with two attached hydrogens (primary N) is 1. The first-order chi connectivity index (χ1) is 5.74. The topological polar surface area (TPSA) is 70.6 Å². The Balaban J connectivity index is 3.76. The summed E-state index contributed by atoms with van der Waals surface area (Å²) in [6.07, 6.45) is 1.66. The lowest BCUT2D eigenvalue weighted by atomic mass is 10.2. The lowest BCUT2D eigenvalue weighted by Crippen LogP contribution is -2.40. The quantitative estimate of drug-likeness (QED) is 0.407. The van der Waals surface area contributed by atoms with Crippen LogP contribution in [-0.2, 0) is 0 Å². The van der Waals surface area contributed by atoms with E-state index in [4.69, 9.17) is 10.8 Å². The van der Waals surface area contributed by atoms with Gasteiger partial charge in [0.2, 0.25) is 0 Å².